The lowest BCUT2D eigenvalue weighted by atomic mass is 9.93. The third-order valence-corrected chi connectivity index (χ3v) is 4.00. The first-order valence-corrected chi connectivity index (χ1v) is 6.84. The van der Waals surface area contributed by atoms with Crippen molar-refractivity contribution in [2.24, 2.45) is 0 Å². The van der Waals surface area contributed by atoms with Gasteiger partial charge in [-0.1, -0.05) is 15.9 Å². The Hall–Kier alpha value is -1.42. The molecule has 0 spiro atoms. The second kappa shape index (κ2) is 4.35. The molecule has 1 aromatic rings. The SMILES string of the molecule is O=C1C2=C(CCCC2)C(=O)N1c1ccc(Br)cc1. The van der Waals surface area contributed by atoms with E-state index in [2.05, 4.69) is 15.9 Å². The van der Waals surface area contributed by atoms with Crippen molar-refractivity contribution in [2.45, 2.75) is 25.7 Å². The van der Waals surface area contributed by atoms with Crippen LogP contribution in [0, 0.1) is 0 Å². The summed E-state index contributed by atoms with van der Waals surface area (Å²) in [6.45, 7) is 0. The normalized spacial score (nSPS) is 19.5. The van der Waals surface area contributed by atoms with Crippen LogP contribution in [0.1, 0.15) is 25.7 Å². The summed E-state index contributed by atoms with van der Waals surface area (Å²) < 4.78 is 0.933. The Kier molecular flexibility index (Phi) is 2.82. The zero-order chi connectivity index (χ0) is 12.7. The highest BCUT2D eigenvalue weighted by molar-refractivity contribution is 9.10. The number of halogens is 1. The van der Waals surface area contributed by atoms with E-state index in [0.29, 0.717) is 5.69 Å². The van der Waals surface area contributed by atoms with Crippen molar-refractivity contribution in [1.82, 2.24) is 0 Å². The molecule has 3 rings (SSSR count). The highest BCUT2D eigenvalue weighted by Crippen LogP contribution is 2.35. The number of benzene rings is 1. The second-order valence-electron chi connectivity index (χ2n) is 4.59. The van der Waals surface area contributed by atoms with E-state index in [9.17, 15) is 9.59 Å². The summed E-state index contributed by atoms with van der Waals surface area (Å²) in [6, 6.07) is 7.26. The fraction of sp³-hybridized carbons (Fsp3) is 0.286. The van der Waals surface area contributed by atoms with Crippen LogP contribution in [0.3, 0.4) is 0 Å². The molecule has 1 heterocycles. The molecular formula is C14H12BrNO2. The molecule has 1 aromatic carbocycles. The average Bonchev–Trinajstić information content (AvgIpc) is 2.64. The first-order chi connectivity index (χ1) is 8.68. The fourth-order valence-electron chi connectivity index (χ4n) is 2.56. The zero-order valence-electron chi connectivity index (χ0n) is 9.78. The molecule has 0 bridgehead atoms. The molecule has 3 nitrogen and oxygen atoms in total. The minimum absolute atomic E-state index is 0.128. The Morgan fingerprint density at radius 1 is 0.889 bits per heavy atom. The zero-order valence-corrected chi connectivity index (χ0v) is 11.4. The van der Waals surface area contributed by atoms with Gasteiger partial charge in [-0.05, 0) is 49.9 Å². The largest absolute Gasteiger partial charge is 0.269 e. The van der Waals surface area contributed by atoms with Crippen molar-refractivity contribution >= 4 is 33.4 Å². The van der Waals surface area contributed by atoms with Gasteiger partial charge in [0.15, 0.2) is 0 Å². The van der Waals surface area contributed by atoms with Crippen molar-refractivity contribution in [3.05, 3.63) is 39.9 Å². The molecule has 0 N–H and O–H groups in total. The summed E-state index contributed by atoms with van der Waals surface area (Å²) in [5.41, 5.74) is 2.12. The van der Waals surface area contributed by atoms with Crippen LogP contribution < -0.4 is 4.90 Å². The number of nitrogens with zero attached hydrogens (tertiary/aromatic N) is 1. The molecular weight excluding hydrogens is 294 g/mol. The number of amides is 2. The van der Waals surface area contributed by atoms with Crippen molar-refractivity contribution in [1.29, 1.82) is 0 Å². The topological polar surface area (TPSA) is 37.4 Å². The van der Waals surface area contributed by atoms with E-state index in [4.69, 9.17) is 0 Å². The van der Waals surface area contributed by atoms with Gasteiger partial charge in [0.25, 0.3) is 11.8 Å². The van der Waals surface area contributed by atoms with Gasteiger partial charge >= 0.3 is 0 Å². The van der Waals surface area contributed by atoms with Crippen LogP contribution in [0.15, 0.2) is 39.9 Å². The van der Waals surface area contributed by atoms with Gasteiger partial charge in [0.1, 0.15) is 0 Å². The molecule has 0 atom stereocenters. The molecule has 0 saturated heterocycles. The van der Waals surface area contributed by atoms with Crippen molar-refractivity contribution < 1.29 is 9.59 Å². The number of rotatable bonds is 1. The average molecular weight is 306 g/mol. The van der Waals surface area contributed by atoms with Crippen LogP contribution in [-0.4, -0.2) is 11.8 Å². The molecule has 1 aliphatic carbocycles. The summed E-state index contributed by atoms with van der Waals surface area (Å²) in [4.78, 5) is 25.9. The van der Waals surface area contributed by atoms with Gasteiger partial charge in [-0.2, -0.15) is 0 Å². The summed E-state index contributed by atoms with van der Waals surface area (Å²) in [5.74, 6) is -0.256. The molecule has 92 valence electrons. The minimum Gasteiger partial charge on any atom is -0.269 e. The third kappa shape index (κ3) is 1.72. The first-order valence-electron chi connectivity index (χ1n) is 6.05. The summed E-state index contributed by atoms with van der Waals surface area (Å²) in [5, 5.41) is 0. The number of hydrogen-bond acceptors (Lipinski definition) is 2. The second-order valence-corrected chi connectivity index (χ2v) is 5.50. The Balaban J connectivity index is 1.99. The van der Waals surface area contributed by atoms with Gasteiger partial charge in [-0.25, -0.2) is 4.90 Å². The Bertz CT molecular complexity index is 532. The monoisotopic (exact) mass is 305 g/mol. The Morgan fingerprint density at radius 2 is 1.39 bits per heavy atom. The van der Waals surface area contributed by atoms with E-state index in [1.165, 1.54) is 4.90 Å². The number of hydrogen-bond donors (Lipinski definition) is 0. The van der Waals surface area contributed by atoms with E-state index in [0.717, 1.165) is 41.3 Å². The van der Waals surface area contributed by atoms with E-state index >= 15 is 0 Å². The third-order valence-electron chi connectivity index (χ3n) is 3.48. The van der Waals surface area contributed by atoms with Crippen molar-refractivity contribution in [3.63, 3.8) is 0 Å². The smallest absolute Gasteiger partial charge is 0.261 e. The summed E-state index contributed by atoms with van der Waals surface area (Å²) >= 11 is 3.35. The van der Waals surface area contributed by atoms with E-state index in [-0.39, 0.29) is 11.8 Å². The maximum Gasteiger partial charge on any atom is 0.261 e. The van der Waals surface area contributed by atoms with Crippen LogP contribution in [0.5, 0.6) is 0 Å². The molecule has 0 radical (unpaired) electrons. The van der Waals surface area contributed by atoms with Gasteiger partial charge in [-0.3, -0.25) is 9.59 Å². The molecule has 1 aliphatic heterocycles. The highest BCUT2D eigenvalue weighted by Gasteiger charge is 2.39. The maximum absolute atomic E-state index is 12.3. The standard InChI is InChI=1S/C14H12BrNO2/c15-9-5-7-10(8-6-9)16-13(17)11-3-1-2-4-12(11)14(16)18/h5-8H,1-4H2. The van der Waals surface area contributed by atoms with Crippen LogP contribution in [0.4, 0.5) is 5.69 Å². The van der Waals surface area contributed by atoms with Crippen LogP contribution >= 0.6 is 15.9 Å². The van der Waals surface area contributed by atoms with Gasteiger partial charge in [0, 0.05) is 15.6 Å². The lowest BCUT2D eigenvalue weighted by molar-refractivity contribution is -0.120. The number of carbonyl (C=O) groups excluding carboxylic acids is 2. The Morgan fingerprint density at radius 3 is 1.89 bits per heavy atom. The maximum atomic E-state index is 12.3. The molecule has 0 unspecified atom stereocenters. The molecule has 2 amide bonds. The number of carbonyl (C=O) groups is 2. The van der Waals surface area contributed by atoms with Crippen LogP contribution in [0.25, 0.3) is 0 Å². The Labute approximate surface area is 114 Å². The molecule has 0 aromatic heterocycles. The molecule has 18 heavy (non-hydrogen) atoms. The van der Waals surface area contributed by atoms with Crippen LogP contribution in [0.2, 0.25) is 0 Å². The number of anilines is 1. The van der Waals surface area contributed by atoms with Gasteiger partial charge in [0.05, 0.1) is 5.69 Å². The summed E-state index contributed by atoms with van der Waals surface area (Å²) in [7, 11) is 0. The predicted molar refractivity (Wildman–Crippen MR) is 72.1 cm³/mol. The summed E-state index contributed by atoms with van der Waals surface area (Å²) in [6.07, 6.45) is 3.50. The number of imide groups is 1. The van der Waals surface area contributed by atoms with Crippen LogP contribution in [-0.2, 0) is 9.59 Å². The molecule has 4 heteroatoms. The highest BCUT2D eigenvalue weighted by atomic mass is 79.9. The molecule has 2 aliphatic rings. The van der Waals surface area contributed by atoms with Gasteiger partial charge < -0.3 is 0 Å². The van der Waals surface area contributed by atoms with E-state index in [1.54, 1.807) is 12.1 Å². The molecule has 0 saturated carbocycles. The molecule has 0 fully saturated rings. The quantitative estimate of drug-likeness (QED) is 0.747. The minimum atomic E-state index is -0.128. The van der Waals surface area contributed by atoms with Crippen molar-refractivity contribution in [3.8, 4) is 0 Å². The van der Waals surface area contributed by atoms with E-state index in [1.807, 2.05) is 12.1 Å². The fourth-order valence-corrected chi connectivity index (χ4v) is 2.83. The van der Waals surface area contributed by atoms with E-state index < -0.39 is 0 Å². The van der Waals surface area contributed by atoms with Crippen molar-refractivity contribution in [2.75, 3.05) is 4.90 Å². The lowest BCUT2D eigenvalue weighted by Crippen LogP contribution is -2.31. The van der Waals surface area contributed by atoms with Gasteiger partial charge in [0.2, 0.25) is 0 Å². The first kappa shape index (κ1) is 11.7. The predicted octanol–water partition coefficient (Wildman–Crippen LogP) is 3.19. The lowest BCUT2D eigenvalue weighted by Gasteiger charge is -2.14. The van der Waals surface area contributed by atoms with Gasteiger partial charge in [-0.15, -0.1) is 0 Å².